The normalized spacial score (nSPS) is 19.3. The van der Waals surface area contributed by atoms with Crippen LogP contribution in [0.1, 0.15) is 68.1 Å². The van der Waals surface area contributed by atoms with E-state index in [1.165, 1.54) is 4.90 Å². The summed E-state index contributed by atoms with van der Waals surface area (Å²) in [7, 11) is 0. The Morgan fingerprint density at radius 3 is 2.59 bits per heavy atom. The van der Waals surface area contributed by atoms with Gasteiger partial charge in [0.1, 0.15) is 5.75 Å². The molecule has 2 atom stereocenters. The minimum Gasteiger partial charge on any atom is -0.494 e. The van der Waals surface area contributed by atoms with E-state index in [0.29, 0.717) is 29.9 Å². The molecule has 2 amide bonds. The number of carbonyl (C=O) groups is 2. The third kappa shape index (κ3) is 5.28. The Balaban J connectivity index is 1.84. The summed E-state index contributed by atoms with van der Waals surface area (Å²) in [6.45, 7) is 8.41. The van der Waals surface area contributed by atoms with Crippen LogP contribution < -0.4 is 15.8 Å². The standard InChI is InChI=1S/C25H32N4O3/c1-5-25(4)15-22(30)29(24(26)28-25)16-20-14-19(12-13-21(20)32-6-2)23(31)27-17(3)18-10-8-7-9-11-18/h7-14,17H,5-6,15-16H2,1-4H3,(H2,26,28)(H,27,31). The van der Waals surface area contributed by atoms with Gasteiger partial charge < -0.3 is 15.8 Å². The monoisotopic (exact) mass is 436 g/mol. The number of hydrogen-bond donors (Lipinski definition) is 2. The largest absolute Gasteiger partial charge is 0.494 e. The van der Waals surface area contributed by atoms with Gasteiger partial charge in [-0.3, -0.25) is 14.5 Å². The lowest BCUT2D eigenvalue weighted by atomic mass is 9.93. The zero-order chi connectivity index (χ0) is 23.3. The molecular formula is C25H32N4O3. The first-order valence-corrected chi connectivity index (χ1v) is 11.0. The maximum atomic E-state index is 12.9. The SMILES string of the molecule is CCOc1ccc(C(=O)NC(C)c2ccccc2)cc1CN1C(=O)CC(C)(CC)N=C1N. The van der Waals surface area contributed by atoms with Crippen molar-refractivity contribution in [3.63, 3.8) is 0 Å². The second kappa shape index (κ2) is 9.85. The van der Waals surface area contributed by atoms with Crippen LogP contribution in [0.3, 0.4) is 0 Å². The molecule has 0 saturated heterocycles. The first kappa shape index (κ1) is 23.3. The van der Waals surface area contributed by atoms with E-state index in [0.717, 1.165) is 12.0 Å². The Bertz CT molecular complexity index is 1010. The summed E-state index contributed by atoms with van der Waals surface area (Å²) in [5.41, 5.74) is 7.90. The van der Waals surface area contributed by atoms with E-state index >= 15 is 0 Å². The van der Waals surface area contributed by atoms with Gasteiger partial charge in [0.05, 0.1) is 31.2 Å². The molecule has 0 bridgehead atoms. The van der Waals surface area contributed by atoms with Crippen molar-refractivity contribution < 1.29 is 14.3 Å². The van der Waals surface area contributed by atoms with Crippen LogP contribution in [0.5, 0.6) is 5.75 Å². The highest BCUT2D eigenvalue weighted by atomic mass is 16.5. The molecule has 0 fully saturated rings. The van der Waals surface area contributed by atoms with Crippen LogP contribution in [0.15, 0.2) is 53.5 Å². The van der Waals surface area contributed by atoms with Gasteiger partial charge in [-0.05, 0) is 51.0 Å². The molecule has 7 nitrogen and oxygen atoms in total. The van der Waals surface area contributed by atoms with Gasteiger partial charge in [-0.15, -0.1) is 0 Å². The van der Waals surface area contributed by atoms with Crippen LogP contribution in [0.2, 0.25) is 0 Å². The number of nitrogens with zero attached hydrogens (tertiary/aromatic N) is 2. The summed E-state index contributed by atoms with van der Waals surface area (Å²) in [5, 5.41) is 3.02. The van der Waals surface area contributed by atoms with Crippen molar-refractivity contribution in [3.8, 4) is 5.75 Å². The Labute approximate surface area is 189 Å². The summed E-state index contributed by atoms with van der Waals surface area (Å²) in [6, 6.07) is 14.9. The predicted octanol–water partition coefficient (Wildman–Crippen LogP) is 3.79. The molecule has 0 saturated carbocycles. The third-order valence-corrected chi connectivity index (χ3v) is 5.85. The van der Waals surface area contributed by atoms with Crippen molar-refractivity contribution in [2.45, 2.75) is 58.7 Å². The van der Waals surface area contributed by atoms with Gasteiger partial charge in [-0.25, -0.2) is 4.99 Å². The maximum absolute atomic E-state index is 12.9. The zero-order valence-electron chi connectivity index (χ0n) is 19.2. The average molecular weight is 437 g/mol. The molecule has 1 aliphatic heterocycles. The predicted molar refractivity (Wildman–Crippen MR) is 125 cm³/mol. The van der Waals surface area contributed by atoms with Gasteiger partial charge in [-0.1, -0.05) is 37.3 Å². The molecule has 0 spiro atoms. The highest BCUT2D eigenvalue weighted by Gasteiger charge is 2.35. The first-order valence-electron chi connectivity index (χ1n) is 11.0. The topological polar surface area (TPSA) is 97.0 Å². The Morgan fingerprint density at radius 1 is 1.25 bits per heavy atom. The van der Waals surface area contributed by atoms with Crippen LogP contribution >= 0.6 is 0 Å². The first-order chi connectivity index (χ1) is 15.3. The van der Waals surface area contributed by atoms with E-state index in [1.807, 2.05) is 58.0 Å². The molecular weight excluding hydrogens is 404 g/mol. The molecule has 0 aromatic heterocycles. The Kier molecular flexibility index (Phi) is 7.18. The number of amides is 2. The molecule has 1 aliphatic rings. The van der Waals surface area contributed by atoms with E-state index < -0.39 is 5.54 Å². The van der Waals surface area contributed by atoms with Crippen molar-refractivity contribution in [3.05, 3.63) is 65.2 Å². The number of rotatable bonds is 8. The van der Waals surface area contributed by atoms with E-state index in [1.54, 1.807) is 18.2 Å². The fraction of sp³-hybridized carbons (Fsp3) is 0.400. The second-order valence-corrected chi connectivity index (χ2v) is 8.34. The summed E-state index contributed by atoms with van der Waals surface area (Å²) < 4.78 is 5.75. The van der Waals surface area contributed by atoms with E-state index in [-0.39, 0.29) is 30.4 Å². The molecule has 2 unspecified atom stereocenters. The van der Waals surface area contributed by atoms with Gasteiger partial charge in [0.2, 0.25) is 5.91 Å². The van der Waals surface area contributed by atoms with Gasteiger partial charge >= 0.3 is 0 Å². The molecule has 32 heavy (non-hydrogen) atoms. The van der Waals surface area contributed by atoms with Gasteiger partial charge in [0.25, 0.3) is 5.91 Å². The van der Waals surface area contributed by atoms with E-state index in [9.17, 15) is 9.59 Å². The number of hydrogen-bond acceptors (Lipinski definition) is 5. The van der Waals surface area contributed by atoms with Crippen molar-refractivity contribution >= 4 is 17.8 Å². The smallest absolute Gasteiger partial charge is 0.251 e. The summed E-state index contributed by atoms with van der Waals surface area (Å²) in [4.78, 5) is 31.7. The summed E-state index contributed by atoms with van der Waals surface area (Å²) in [5.74, 6) is 0.526. The van der Waals surface area contributed by atoms with Crippen LogP contribution in [0.4, 0.5) is 0 Å². The highest BCUT2D eigenvalue weighted by Crippen LogP contribution is 2.28. The van der Waals surface area contributed by atoms with Crippen LogP contribution in [-0.2, 0) is 11.3 Å². The molecule has 2 aromatic carbocycles. The minimum atomic E-state index is -0.476. The maximum Gasteiger partial charge on any atom is 0.251 e. The summed E-state index contributed by atoms with van der Waals surface area (Å²) >= 11 is 0. The van der Waals surface area contributed by atoms with Gasteiger partial charge in [-0.2, -0.15) is 0 Å². The number of guanidine groups is 1. The van der Waals surface area contributed by atoms with Crippen LogP contribution in [0, 0.1) is 0 Å². The van der Waals surface area contributed by atoms with Crippen molar-refractivity contribution in [2.75, 3.05) is 6.61 Å². The third-order valence-electron chi connectivity index (χ3n) is 5.85. The lowest BCUT2D eigenvalue weighted by molar-refractivity contribution is -0.129. The van der Waals surface area contributed by atoms with Crippen LogP contribution in [0.25, 0.3) is 0 Å². The van der Waals surface area contributed by atoms with Crippen molar-refractivity contribution in [1.29, 1.82) is 0 Å². The number of nitrogens with two attached hydrogens (primary N) is 1. The molecule has 0 radical (unpaired) electrons. The molecule has 170 valence electrons. The summed E-state index contributed by atoms with van der Waals surface area (Å²) in [6.07, 6.45) is 1.02. The molecule has 3 N–H and O–H groups in total. The van der Waals surface area contributed by atoms with Crippen LogP contribution in [-0.4, -0.2) is 34.8 Å². The van der Waals surface area contributed by atoms with Gasteiger partial charge in [0.15, 0.2) is 5.96 Å². The van der Waals surface area contributed by atoms with Crippen molar-refractivity contribution in [2.24, 2.45) is 10.7 Å². The Hall–Kier alpha value is -3.35. The van der Waals surface area contributed by atoms with Crippen molar-refractivity contribution in [1.82, 2.24) is 10.2 Å². The second-order valence-electron chi connectivity index (χ2n) is 8.34. The molecule has 2 aromatic rings. The molecule has 7 heteroatoms. The fourth-order valence-corrected chi connectivity index (χ4v) is 3.71. The minimum absolute atomic E-state index is 0.0862. The fourth-order valence-electron chi connectivity index (χ4n) is 3.71. The number of ether oxygens (including phenoxy) is 1. The number of nitrogens with one attached hydrogen (secondary N) is 1. The quantitative estimate of drug-likeness (QED) is 0.658. The lowest BCUT2D eigenvalue weighted by Gasteiger charge is -2.34. The number of benzene rings is 2. The average Bonchev–Trinajstić information content (AvgIpc) is 2.77. The zero-order valence-corrected chi connectivity index (χ0v) is 19.2. The van der Waals surface area contributed by atoms with E-state index in [4.69, 9.17) is 10.5 Å². The highest BCUT2D eigenvalue weighted by molar-refractivity contribution is 5.99. The Morgan fingerprint density at radius 2 is 1.97 bits per heavy atom. The molecule has 3 rings (SSSR count). The number of carbonyl (C=O) groups excluding carboxylic acids is 2. The number of aliphatic imine (C=N–C) groups is 1. The molecule has 0 aliphatic carbocycles. The van der Waals surface area contributed by atoms with Gasteiger partial charge in [0, 0.05) is 11.1 Å². The lowest BCUT2D eigenvalue weighted by Crippen LogP contribution is -2.50. The molecule has 1 heterocycles. The van der Waals surface area contributed by atoms with E-state index in [2.05, 4.69) is 10.3 Å².